The van der Waals surface area contributed by atoms with Gasteiger partial charge < -0.3 is 10.1 Å². The van der Waals surface area contributed by atoms with Crippen LogP contribution in [0, 0.1) is 29.5 Å². The van der Waals surface area contributed by atoms with Gasteiger partial charge in [-0.1, -0.05) is 12.1 Å². The first-order valence-corrected chi connectivity index (χ1v) is 7.34. The zero-order chi connectivity index (χ0) is 13.0. The maximum atomic E-state index is 14.0. The molecule has 4 unspecified atom stereocenters. The second-order valence-electron chi connectivity index (χ2n) is 6.33. The number of halogens is 1. The highest BCUT2D eigenvalue weighted by atomic mass is 19.1. The van der Waals surface area contributed by atoms with E-state index in [4.69, 9.17) is 4.74 Å². The maximum absolute atomic E-state index is 14.0. The largest absolute Gasteiger partial charge is 0.494 e. The predicted octanol–water partition coefficient (Wildman–Crippen LogP) is 2.97. The molecule has 3 aliphatic rings. The Morgan fingerprint density at radius 1 is 1.26 bits per heavy atom. The van der Waals surface area contributed by atoms with Gasteiger partial charge in [0.2, 0.25) is 0 Å². The number of methoxy groups -OCH3 is 1. The molecule has 3 saturated carbocycles. The molecule has 0 heterocycles. The summed E-state index contributed by atoms with van der Waals surface area (Å²) < 4.78 is 19.1. The highest BCUT2D eigenvalue weighted by Gasteiger charge is 2.64. The van der Waals surface area contributed by atoms with Crippen LogP contribution in [-0.4, -0.2) is 13.2 Å². The lowest BCUT2D eigenvalue weighted by Gasteiger charge is -2.12. The molecular formula is C16H20FNO. The van der Waals surface area contributed by atoms with Crippen molar-refractivity contribution in [2.45, 2.75) is 31.8 Å². The molecule has 1 aromatic rings. The van der Waals surface area contributed by atoms with Crippen LogP contribution in [-0.2, 0) is 6.54 Å². The number of hydrogen-bond donors (Lipinski definition) is 1. The van der Waals surface area contributed by atoms with Gasteiger partial charge in [-0.05, 0) is 49.0 Å². The minimum Gasteiger partial charge on any atom is -0.494 e. The van der Waals surface area contributed by atoms with Crippen molar-refractivity contribution in [2.24, 2.45) is 23.7 Å². The van der Waals surface area contributed by atoms with Gasteiger partial charge in [0.05, 0.1) is 7.11 Å². The summed E-state index contributed by atoms with van der Waals surface area (Å²) in [6.07, 6.45) is 4.32. The molecule has 0 spiro atoms. The number of benzene rings is 1. The van der Waals surface area contributed by atoms with Gasteiger partial charge in [-0.25, -0.2) is 4.39 Å². The van der Waals surface area contributed by atoms with Crippen LogP contribution in [0.2, 0.25) is 0 Å². The Balaban J connectivity index is 1.41. The third-order valence-corrected chi connectivity index (χ3v) is 5.53. The number of rotatable bonds is 4. The molecule has 0 amide bonds. The van der Waals surface area contributed by atoms with Crippen molar-refractivity contribution < 1.29 is 9.13 Å². The van der Waals surface area contributed by atoms with Crippen molar-refractivity contribution in [3.05, 3.63) is 29.6 Å². The van der Waals surface area contributed by atoms with E-state index in [1.807, 2.05) is 12.1 Å². The molecule has 4 atom stereocenters. The summed E-state index contributed by atoms with van der Waals surface area (Å²) in [5.74, 6) is 3.84. The maximum Gasteiger partial charge on any atom is 0.169 e. The molecule has 0 saturated heterocycles. The van der Waals surface area contributed by atoms with Gasteiger partial charge in [-0.3, -0.25) is 0 Å². The summed E-state index contributed by atoms with van der Waals surface area (Å²) >= 11 is 0. The first kappa shape index (κ1) is 11.7. The molecule has 2 nitrogen and oxygen atoms in total. The van der Waals surface area contributed by atoms with Crippen LogP contribution in [0.4, 0.5) is 4.39 Å². The van der Waals surface area contributed by atoms with E-state index in [2.05, 4.69) is 5.32 Å². The van der Waals surface area contributed by atoms with Crippen molar-refractivity contribution in [2.75, 3.05) is 7.11 Å². The lowest BCUT2D eigenvalue weighted by molar-refractivity contribution is 0.382. The second-order valence-corrected chi connectivity index (χ2v) is 6.33. The van der Waals surface area contributed by atoms with E-state index in [0.717, 1.165) is 29.2 Å². The highest BCUT2D eigenvalue weighted by Crippen LogP contribution is 2.65. The number of nitrogens with one attached hydrogen (secondary N) is 1. The Morgan fingerprint density at radius 3 is 2.68 bits per heavy atom. The average molecular weight is 261 g/mol. The quantitative estimate of drug-likeness (QED) is 0.899. The molecular weight excluding hydrogens is 241 g/mol. The normalized spacial score (nSPS) is 38.3. The van der Waals surface area contributed by atoms with Crippen LogP contribution in [0.5, 0.6) is 5.75 Å². The Kier molecular flexibility index (Phi) is 2.59. The van der Waals surface area contributed by atoms with Crippen molar-refractivity contribution in [3.63, 3.8) is 0 Å². The number of ether oxygens (including phenoxy) is 1. The molecule has 3 heteroatoms. The third kappa shape index (κ3) is 1.71. The average Bonchev–Trinajstić information content (AvgIpc) is 2.81. The van der Waals surface area contributed by atoms with Crippen LogP contribution in [0.1, 0.15) is 24.8 Å². The fourth-order valence-electron chi connectivity index (χ4n) is 4.68. The van der Waals surface area contributed by atoms with E-state index in [0.29, 0.717) is 18.3 Å². The third-order valence-electron chi connectivity index (χ3n) is 5.53. The van der Waals surface area contributed by atoms with Gasteiger partial charge in [-0.15, -0.1) is 0 Å². The first-order chi connectivity index (χ1) is 9.29. The number of hydrogen-bond acceptors (Lipinski definition) is 2. The van der Waals surface area contributed by atoms with Crippen molar-refractivity contribution >= 4 is 0 Å². The Labute approximate surface area is 113 Å². The fourth-order valence-corrected chi connectivity index (χ4v) is 4.68. The minimum absolute atomic E-state index is 0.216. The van der Waals surface area contributed by atoms with Gasteiger partial charge >= 0.3 is 0 Å². The first-order valence-electron chi connectivity index (χ1n) is 7.34. The highest BCUT2D eigenvalue weighted by molar-refractivity contribution is 5.31. The van der Waals surface area contributed by atoms with Gasteiger partial charge in [-0.2, -0.15) is 0 Å². The summed E-state index contributed by atoms with van der Waals surface area (Å²) in [5.41, 5.74) is 0.719. The molecule has 1 N–H and O–H groups in total. The summed E-state index contributed by atoms with van der Waals surface area (Å²) in [4.78, 5) is 0. The molecule has 19 heavy (non-hydrogen) atoms. The van der Waals surface area contributed by atoms with Crippen LogP contribution in [0.25, 0.3) is 0 Å². The van der Waals surface area contributed by atoms with Crippen LogP contribution in [0.15, 0.2) is 18.2 Å². The van der Waals surface area contributed by atoms with E-state index in [-0.39, 0.29) is 5.82 Å². The van der Waals surface area contributed by atoms with Crippen LogP contribution < -0.4 is 10.1 Å². The van der Waals surface area contributed by atoms with Crippen molar-refractivity contribution in [1.29, 1.82) is 0 Å². The summed E-state index contributed by atoms with van der Waals surface area (Å²) in [6.45, 7) is 0.625. The topological polar surface area (TPSA) is 21.3 Å². The Hall–Kier alpha value is -1.09. The molecule has 1 aromatic carbocycles. The molecule has 0 radical (unpaired) electrons. The minimum atomic E-state index is -0.216. The van der Waals surface area contributed by atoms with E-state index < -0.39 is 0 Å². The van der Waals surface area contributed by atoms with Gasteiger partial charge in [0.15, 0.2) is 11.6 Å². The molecule has 0 aromatic heterocycles. The molecule has 3 aliphatic carbocycles. The van der Waals surface area contributed by atoms with E-state index in [9.17, 15) is 4.39 Å². The van der Waals surface area contributed by atoms with Crippen molar-refractivity contribution in [1.82, 2.24) is 5.32 Å². The molecule has 4 rings (SSSR count). The monoisotopic (exact) mass is 261 g/mol. The van der Waals surface area contributed by atoms with E-state index in [1.54, 1.807) is 6.07 Å². The smallest absolute Gasteiger partial charge is 0.169 e. The summed E-state index contributed by atoms with van der Waals surface area (Å²) in [5, 5.41) is 3.57. The van der Waals surface area contributed by atoms with Gasteiger partial charge in [0, 0.05) is 18.2 Å². The molecule has 3 fully saturated rings. The summed E-state index contributed by atoms with van der Waals surface area (Å²) in [6, 6.07) is 6.02. The van der Waals surface area contributed by atoms with Crippen LogP contribution >= 0.6 is 0 Å². The van der Waals surface area contributed by atoms with Gasteiger partial charge in [0.25, 0.3) is 0 Å². The van der Waals surface area contributed by atoms with Crippen LogP contribution in [0.3, 0.4) is 0 Å². The SMILES string of the molecule is COc1cccc(CNC2C3C4CCC(C4)C23)c1F. The fraction of sp³-hybridized carbons (Fsp3) is 0.625. The van der Waals surface area contributed by atoms with Gasteiger partial charge in [0.1, 0.15) is 0 Å². The lowest BCUT2D eigenvalue weighted by atomic mass is 10.0. The molecule has 102 valence electrons. The Morgan fingerprint density at radius 2 is 2.00 bits per heavy atom. The zero-order valence-electron chi connectivity index (χ0n) is 11.2. The van der Waals surface area contributed by atoms with E-state index >= 15 is 0 Å². The second kappa shape index (κ2) is 4.20. The predicted molar refractivity (Wildman–Crippen MR) is 71.4 cm³/mol. The zero-order valence-corrected chi connectivity index (χ0v) is 11.2. The lowest BCUT2D eigenvalue weighted by Crippen LogP contribution is -2.23. The van der Waals surface area contributed by atoms with Crippen molar-refractivity contribution in [3.8, 4) is 5.75 Å². The Bertz CT molecular complexity index is 488. The van der Waals surface area contributed by atoms with E-state index in [1.165, 1.54) is 26.4 Å². The molecule has 0 aliphatic heterocycles. The summed E-state index contributed by atoms with van der Waals surface area (Å²) in [7, 11) is 1.51. The number of fused-ring (bicyclic) bond motifs is 5. The molecule has 2 bridgehead atoms. The standard InChI is InChI=1S/C16H20FNO/c1-19-12-4-2-3-11(15(12)17)8-18-16-13-9-5-6-10(7-9)14(13)16/h2-4,9-10,13-14,16,18H,5-8H2,1H3.